The van der Waals surface area contributed by atoms with Crippen molar-refractivity contribution >= 4 is 29.9 Å². The minimum absolute atomic E-state index is 0. The largest absolute Gasteiger partial charge is 0.370 e. The van der Waals surface area contributed by atoms with Crippen LogP contribution >= 0.6 is 24.0 Å². The number of nitrogens with zero attached hydrogens (tertiary/aromatic N) is 2. The molecule has 0 aromatic heterocycles. The first kappa shape index (κ1) is 17.0. The van der Waals surface area contributed by atoms with E-state index in [0.717, 1.165) is 26.1 Å². The van der Waals surface area contributed by atoms with Gasteiger partial charge >= 0.3 is 0 Å². The topological polar surface area (TPSA) is 53.6 Å². The second-order valence-corrected chi connectivity index (χ2v) is 4.55. The van der Waals surface area contributed by atoms with Crippen LogP contribution < -0.4 is 11.1 Å². The van der Waals surface area contributed by atoms with Gasteiger partial charge in [-0.05, 0) is 31.8 Å². The van der Waals surface area contributed by atoms with Crippen LogP contribution in [-0.4, -0.2) is 43.6 Å². The zero-order chi connectivity index (χ0) is 11.8. The van der Waals surface area contributed by atoms with Crippen molar-refractivity contribution in [3.8, 4) is 0 Å². The van der Waals surface area contributed by atoms with Gasteiger partial charge in [-0.2, -0.15) is 0 Å². The van der Waals surface area contributed by atoms with Gasteiger partial charge in [-0.1, -0.05) is 20.3 Å². The Morgan fingerprint density at radius 3 is 2.82 bits per heavy atom. The summed E-state index contributed by atoms with van der Waals surface area (Å²) in [5.41, 5.74) is 5.79. The molecule has 0 aromatic carbocycles. The highest BCUT2D eigenvalue weighted by atomic mass is 127. The molecule has 1 heterocycles. The number of hydrogen-bond acceptors (Lipinski definition) is 2. The number of nitrogens with two attached hydrogens (primary N) is 1. The maximum Gasteiger partial charge on any atom is 0.188 e. The number of guanidine groups is 1. The molecule has 0 spiro atoms. The lowest BCUT2D eigenvalue weighted by molar-refractivity contribution is 0.343. The summed E-state index contributed by atoms with van der Waals surface area (Å²) in [6.07, 6.45) is 3.61. The first-order valence-electron chi connectivity index (χ1n) is 6.52. The van der Waals surface area contributed by atoms with Gasteiger partial charge < -0.3 is 16.0 Å². The number of unbranched alkanes of at least 4 members (excludes halogenated alkanes) is 1. The fourth-order valence-corrected chi connectivity index (χ4v) is 2.03. The van der Waals surface area contributed by atoms with Crippen molar-refractivity contribution in [2.24, 2.45) is 16.6 Å². The average molecular weight is 354 g/mol. The third kappa shape index (κ3) is 7.08. The normalized spacial score (nSPS) is 21.3. The summed E-state index contributed by atoms with van der Waals surface area (Å²) in [5, 5.41) is 3.15. The molecule has 17 heavy (non-hydrogen) atoms. The molecule has 0 aromatic rings. The summed E-state index contributed by atoms with van der Waals surface area (Å²) in [7, 11) is 0. The summed E-state index contributed by atoms with van der Waals surface area (Å²) in [6, 6.07) is 0. The standard InChI is InChI=1S/C12H26N4.HI/c1-3-5-7-14-12(13)15-9-11-6-8-16(4-2)10-11;/h11H,3-10H2,1-2H3,(H3,13,14,15);1H. The monoisotopic (exact) mass is 354 g/mol. The van der Waals surface area contributed by atoms with Gasteiger partial charge in [0, 0.05) is 19.6 Å². The van der Waals surface area contributed by atoms with Crippen molar-refractivity contribution < 1.29 is 0 Å². The van der Waals surface area contributed by atoms with E-state index in [9.17, 15) is 0 Å². The Bertz CT molecular complexity index is 221. The van der Waals surface area contributed by atoms with Gasteiger partial charge in [-0.3, -0.25) is 4.99 Å². The van der Waals surface area contributed by atoms with E-state index in [1.54, 1.807) is 0 Å². The van der Waals surface area contributed by atoms with E-state index in [-0.39, 0.29) is 24.0 Å². The lowest BCUT2D eigenvalue weighted by Crippen LogP contribution is -2.33. The molecule has 1 atom stereocenters. The van der Waals surface area contributed by atoms with E-state index in [0.29, 0.717) is 11.9 Å². The number of halogens is 1. The molecule has 0 amide bonds. The molecule has 3 N–H and O–H groups in total. The number of likely N-dealkylation sites (tertiary alicyclic amines) is 1. The molecule has 1 unspecified atom stereocenters. The van der Waals surface area contributed by atoms with Crippen molar-refractivity contribution in [2.45, 2.75) is 33.1 Å². The van der Waals surface area contributed by atoms with Crippen molar-refractivity contribution in [2.75, 3.05) is 32.7 Å². The predicted octanol–water partition coefficient (Wildman–Crippen LogP) is 1.65. The summed E-state index contributed by atoms with van der Waals surface area (Å²) in [5.74, 6) is 1.31. The highest BCUT2D eigenvalue weighted by Crippen LogP contribution is 2.15. The Morgan fingerprint density at radius 1 is 1.47 bits per heavy atom. The van der Waals surface area contributed by atoms with Crippen LogP contribution in [0.3, 0.4) is 0 Å². The number of nitrogens with one attached hydrogen (secondary N) is 1. The van der Waals surface area contributed by atoms with Crippen LogP contribution in [-0.2, 0) is 0 Å². The van der Waals surface area contributed by atoms with E-state index in [2.05, 4.69) is 29.1 Å². The highest BCUT2D eigenvalue weighted by Gasteiger charge is 2.20. The Labute approximate surface area is 122 Å². The lowest BCUT2D eigenvalue weighted by Gasteiger charge is -2.12. The van der Waals surface area contributed by atoms with Gasteiger partial charge in [0.15, 0.2) is 5.96 Å². The van der Waals surface area contributed by atoms with E-state index >= 15 is 0 Å². The molecule has 102 valence electrons. The summed E-state index contributed by atoms with van der Waals surface area (Å²) >= 11 is 0. The van der Waals surface area contributed by atoms with Crippen molar-refractivity contribution in [1.29, 1.82) is 0 Å². The molecule has 1 rings (SSSR count). The first-order valence-corrected chi connectivity index (χ1v) is 6.52. The third-order valence-corrected chi connectivity index (χ3v) is 3.17. The maximum atomic E-state index is 5.79. The summed E-state index contributed by atoms with van der Waals surface area (Å²) in [6.45, 7) is 9.77. The fourth-order valence-electron chi connectivity index (χ4n) is 2.03. The first-order chi connectivity index (χ1) is 7.76. The zero-order valence-corrected chi connectivity index (χ0v) is 13.4. The van der Waals surface area contributed by atoms with Gasteiger partial charge in [-0.25, -0.2) is 0 Å². The summed E-state index contributed by atoms with van der Waals surface area (Å²) in [4.78, 5) is 6.88. The predicted molar refractivity (Wildman–Crippen MR) is 85.0 cm³/mol. The van der Waals surface area contributed by atoms with Crippen LogP contribution in [0.25, 0.3) is 0 Å². The van der Waals surface area contributed by atoms with Crippen molar-refractivity contribution in [1.82, 2.24) is 10.2 Å². The van der Waals surface area contributed by atoms with Gasteiger partial charge in [-0.15, -0.1) is 24.0 Å². The highest BCUT2D eigenvalue weighted by molar-refractivity contribution is 14.0. The minimum atomic E-state index is 0. The average Bonchev–Trinajstić information content (AvgIpc) is 2.74. The number of rotatable bonds is 6. The Morgan fingerprint density at radius 2 is 2.24 bits per heavy atom. The second-order valence-electron chi connectivity index (χ2n) is 4.55. The maximum absolute atomic E-state index is 5.79. The molecular weight excluding hydrogens is 327 g/mol. The molecular formula is C12H27IN4. The molecule has 0 aliphatic carbocycles. The molecule has 1 saturated heterocycles. The molecule has 0 bridgehead atoms. The van der Waals surface area contributed by atoms with Crippen molar-refractivity contribution in [3.05, 3.63) is 0 Å². The van der Waals surface area contributed by atoms with Crippen LogP contribution in [0.15, 0.2) is 4.99 Å². The Hall–Kier alpha value is -0.0400. The van der Waals surface area contributed by atoms with Gasteiger partial charge in [0.1, 0.15) is 0 Å². The molecule has 5 heteroatoms. The van der Waals surface area contributed by atoms with E-state index in [4.69, 9.17) is 5.73 Å². The van der Waals surface area contributed by atoms with Gasteiger partial charge in [0.2, 0.25) is 0 Å². The lowest BCUT2D eigenvalue weighted by atomic mass is 10.1. The van der Waals surface area contributed by atoms with Crippen LogP contribution in [0.5, 0.6) is 0 Å². The molecule has 1 fully saturated rings. The van der Waals surface area contributed by atoms with Crippen LogP contribution in [0, 0.1) is 5.92 Å². The zero-order valence-electron chi connectivity index (χ0n) is 11.1. The van der Waals surface area contributed by atoms with E-state index in [1.165, 1.54) is 25.9 Å². The fraction of sp³-hybridized carbons (Fsp3) is 0.917. The smallest absolute Gasteiger partial charge is 0.188 e. The Balaban J connectivity index is 0.00000256. The number of hydrogen-bond donors (Lipinski definition) is 2. The molecule has 0 radical (unpaired) electrons. The van der Waals surface area contributed by atoms with Gasteiger partial charge in [0.25, 0.3) is 0 Å². The summed E-state index contributed by atoms with van der Waals surface area (Å²) < 4.78 is 0. The molecule has 1 aliphatic heterocycles. The minimum Gasteiger partial charge on any atom is -0.370 e. The van der Waals surface area contributed by atoms with E-state index < -0.39 is 0 Å². The number of aliphatic imine (C=N–C) groups is 1. The van der Waals surface area contributed by atoms with Crippen LogP contribution in [0.4, 0.5) is 0 Å². The second kappa shape index (κ2) is 9.94. The van der Waals surface area contributed by atoms with Gasteiger partial charge in [0.05, 0.1) is 0 Å². The van der Waals surface area contributed by atoms with Crippen LogP contribution in [0.2, 0.25) is 0 Å². The van der Waals surface area contributed by atoms with Crippen molar-refractivity contribution in [3.63, 3.8) is 0 Å². The SMILES string of the molecule is CCCCNC(N)=NCC1CCN(CC)C1.I. The van der Waals surface area contributed by atoms with Crippen LogP contribution in [0.1, 0.15) is 33.1 Å². The quantitative estimate of drug-likeness (QED) is 0.330. The van der Waals surface area contributed by atoms with E-state index in [1.807, 2.05) is 0 Å². The molecule has 1 aliphatic rings. The third-order valence-electron chi connectivity index (χ3n) is 3.17. The Kier molecular flexibility index (Phi) is 9.91. The molecule has 0 saturated carbocycles. The molecule has 4 nitrogen and oxygen atoms in total.